The van der Waals surface area contributed by atoms with Crippen LogP contribution in [0.4, 0.5) is 22.0 Å². The molecule has 2 aromatic rings. The number of nitrogens with zero attached hydrogens (tertiary/aromatic N) is 2. The third-order valence-electron chi connectivity index (χ3n) is 3.69. The zero-order valence-electron chi connectivity index (χ0n) is 12.9. The van der Waals surface area contributed by atoms with Crippen molar-refractivity contribution < 1.29 is 35.1 Å². The van der Waals surface area contributed by atoms with Gasteiger partial charge in [-0.3, -0.25) is 0 Å². The fourth-order valence-electron chi connectivity index (χ4n) is 2.39. The van der Waals surface area contributed by atoms with Gasteiger partial charge in [0.15, 0.2) is 4.90 Å². The van der Waals surface area contributed by atoms with Crippen LogP contribution in [0.15, 0.2) is 41.4 Å². The summed E-state index contributed by atoms with van der Waals surface area (Å²) in [5.41, 5.74) is -1.10. The number of hydrogen-bond donors (Lipinski definition) is 0. The van der Waals surface area contributed by atoms with E-state index in [1.807, 2.05) is 0 Å². The van der Waals surface area contributed by atoms with Crippen LogP contribution in [0.5, 0.6) is 5.88 Å². The van der Waals surface area contributed by atoms with Crippen LogP contribution in [0, 0.1) is 11.6 Å². The smallest absolute Gasteiger partial charge is 0.421 e. The second-order valence-electron chi connectivity index (χ2n) is 5.47. The Labute approximate surface area is 145 Å². The summed E-state index contributed by atoms with van der Waals surface area (Å²) in [4.78, 5) is 2.41. The first-order valence-electron chi connectivity index (χ1n) is 7.23. The van der Waals surface area contributed by atoms with E-state index < -0.39 is 50.3 Å². The van der Waals surface area contributed by atoms with Crippen molar-refractivity contribution in [1.29, 1.82) is 0 Å². The Hall–Kier alpha value is -2.27. The third-order valence-corrected chi connectivity index (χ3v) is 5.57. The summed E-state index contributed by atoms with van der Waals surface area (Å²) in [5, 5.41) is 0. The van der Waals surface area contributed by atoms with Crippen molar-refractivity contribution in [3.05, 3.63) is 53.7 Å². The monoisotopic (exact) mass is 394 g/mol. The van der Waals surface area contributed by atoms with E-state index in [-0.39, 0.29) is 13.1 Å². The number of alkyl halides is 3. The predicted octanol–water partition coefficient (Wildman–Crippen LogP) is 2.83. The summed E-state index contributed by atoms with van der Waals surface area (Å²) in [5.74, 6) is -3.18. The van der Waals surface area contributed by atoms with Crippen molar-refractivity contribution >= 4 is 10.0 Å². The molecule has 1 aromatic carbocycles. The van der Waals surface area contributed by atoms with Gasteiger partial charge in [0.1, 0.15) is 23.3 Å². The lowest BCUT2D eigenvalue weighted by atomic mass is 10.2. The Balaban J connectivity index is 1.74. The molecule has 11 heteroatoms. The molecule has 26 heavy (non-hydrogen) atoms. The second-order valence-corrected chi connectivity index (χ2v) is 7.34. The summed E-state index contributed by atoms with van der Waals surface area (Å²) in [6.45, 7) is -0.714. The summed E-state index contributed by atoms with van der Waals surface area (Å²) < 4.78 is 96.4. The molecule has 1 saturated heterocycles. The molecule has 0 saturated carbocycles. The molecule has 1 fully saturated rings. The van der Waals surface area contributed by atoms with Gasteiger partial charge in [0.25, 0.3) is 0 Å². The van der Waals surface area contributed by atoms with Gasteiger partial charge in [-0.25, -0.2) is 22.2 Å². The number of sulfonamides is 1. The summed E-state index contributed by atoms with van der Waals surface area (Å²) in [6, 6.07) is 4.49. The Morgan fingerprint density at radius 3 is 2.27 bits per heavy atom. The topological polar surface area (TPSA) is 59.5 Å². The van der Waals surface area contributed by atoms with E-state index in [2.05, 4.69) is 4.98 Å². The molecule has 0 amide bonds. The van der Waals surface area contributed by atoms with E-state index in [1.54, 1.807) is 0 Å². The van der Waals surface area contributed by atoms with Gasteiger partial charge in [0, 0.05) is 6.20 Å². The molecule has 3 rings (SSSR count). The Morgan fingerprint density at radius 2 is 1.69 bits per heavy atom. The van der Waals surface area contributed by atoms with Crippen LogP contribution in [0.3, 0.4) is 0 Å². The molecule has 0 atom stereocenters. The summed E-state index contributed by atoms with van der Waals surface area (Å²) >= 11 is 0. The molecule has 0 radical (unpaired) electrons. The maximum atomic E-state index is 13.7. The Bertz CT molecular complexity index is 907. The second kappa shape index (κ2) is 6.47. The molecule has 0 aliphatic carbocycles. The van der Waals surface area contributed by atoms with Crippen LogP contribution in [0.25, 0.3) is 0 Å². The van der Waals surface area contributed by atoms with Gasteiger partial charge in [-0.15, -0.1) is 0 Å². The van der Waals surface area contributed by atoms with Gasteiger partial charge in [0.2, 0.25) is 15.9 Å². The quantitative estimate of drug-likeness (QED) is 0.749. The molecular formula is C15H11F5N2O3S. The fourth-order valence-corrected chi connectivity index (χ4v) is 4.00. The van der Waals surface area contributed by atoms with Gasteiger partial charge in [0.05, 0.1) is 13.1 Å². The molecule has 5 nitrogen and oxygen atoms in total. The minimum atomic E-state index is -4.69. The predicted molar refractivity (Wildman–Crippen MR) is 78.8 cm³/mol. The highest BCUT2D eigenvalue weighted by Crippen LogP contribution is 2.36. The number of benzene rings is 1. The largest absolute Gasteiger partial charge is 0.471 e. The van der Waals surface area contributed by atoms with Crippen molar-refractivity contribution in [3.8, 4) is 5.88 Å². The maximum absolute atomic E-state index is 13.7. The van der Waals surface area contributed by atoms with Crippen LogP contribution in [0.2, 0.25) is 0 Å². The van der Waals surface area contributed by atoms with E-state index in [0.29, 0.717) is 0 Å². The minimum absolute atomic E-state index is 0.357. The highest BCUT2D eigenvalue weighted by Gasteiger charge is 2.42. The van der Waals surface area contributed by atoms with E-state index in [9.17, 15) is 30.4 Å². The van der Waals surface area contributed by atoms with Gasteiger partial charge in [-0.1, -0.05) is 6.07 Å². The van der Waals surface area contributed by atoms with Gasteiger partial charge in [-0.2, -0.15) is 17.5 Å². The lowest BCUT2D eigenvalue weighted by Gasteiger charge is -2.37. The summed E-state index contributed by atoms with van der Waals surface area (Å²) in [7, 11) is -4.47. The fraction of sp³-hybridized carbons (Fsp3) is 0.267. The number of ether oxygens (including phenoxy) is 1. The van der Waals surface area contributed by atoms with Crippen LogP contribution in [-0.4, -0.2) is 36.9 Å². The molecule has 1 aliphatic heterocycles. The van der Waals surface area contributed by atoms with Crippen molar-refractivity contribution in [2.24, 2.45) is 0 Å². The Morgan fingerprint density at radius 1 is 1.08 bits per heavy atom. The highest BCUT2D eigenvalue weighted by molar-refractivity contribution is 7.89. The van der Waals surface area contributed by atoms with Crippen LogP contribution in [0.1, 0.15) is 5.56 Å². The molecule has 1 aliphatic rings. The zero-order valence-corrected chi connectivity index (χ0v) is 13.7. The normalized spacial score (nSPS) is 16.3. The number of aromatic nitrogens is 1. The number of halogens is 5. The van der Waals surface area contributed by atoms with E-state index in [1.165, 1.54) is 0 Å². The van der Waals surface area contributed by atoms with Crippen molar-refractivity contribution in [2.45, 2.75) is 17.2 Å². The van der Waals surface area contributed by atoms with E-state index in [0.717, 1.165) is 40.8 Å². The average molecular weight is 394 g/mol. The van der Waals surface area contributed by atoms with Gasteiger partial charge < -0.3 is 4.74 Å². The maximum Gasteiger partial charge on any atom is 0.421 e. The van der Waals surface area contributed by atoms with Gasteiger partial charge >= 0.3 is 6.18 Å². The molecule has 0 N–H and O–H groups in total. The SMILES string of the molecule is O=S(=O)(c1c(F)cccc1F)N1CC(Oc2ncccc2C(F)(F)F)C1. The van der Waals surface area contributed by atoms with Crippen LogP contribution in [-0.2, 0) is 16.2 Å². The number of rotatable bonds is 4. The first-order chi connectivity index (χ1) is 12.1. The molecule has 0 unspecified atom stereocenters. The van der Waals surface area contributed by atoms with Crippen molar-refractivity contribution in [2.75, 3.05) is 13.1 Å². The number of hydrogen-bond acceptors (Lipinski definition) is 4. The molecule has 0 spiro atoms. The molecule has 1 aromatic heterocycles. The van der Waals surface area contributed by atoms with Crippen molar-refractivity contribution in [1.82, 2.24) is 9.29 Å². The van der Waals surface area contributed by atoms with Gasteiger partial charge in [-0.05, 0) is 24.3 Å². The number of pyridine rings is 1. The highest BCUT2D eigenvalue weighted by atomic mass is 32.2. The molecule has 140 valence electrons. The summed E-state index contributed by atoms with van der Waals surface area (Å²) in [6.07, 6.45) is -4.50. The lowest BCUT2D eigenvalue weighted by molar-refractivity contribution is -0.140. The third kappa shape index (κ3) is 3.36. The van der Waals surface area contributed by atoms with Crippen molar-refractivity contribution in [3.63, 3.8) is 0 Å². The van der Waals surface area contributed by atoms with E-state index >= 15 is 0 Å². The van der Waals surface area contributed by atoms with E-state index in [4.69, 9.17) is 4.74 Å². The standard InChI is InChI=1S/C15H11F5N2O3S/c16-11-4-1-5-12(17)13(11)26(23,24)22-7-9(8-22)25-14-10(15(18,19)20)3-2-6-21-14/h1-6,9H,7-8H2. The molecule has 0 bridgehead atoms. The van der Waals surface area contributed by atoms with Crippen LogP contribution < -0.4 is 4.74 Å². The average Bonchev–Trinajstić information content (AvgIpc) is 2.49. The Kier molecular flexibility index (Phi) is 4.61. The van der Waals surface area contributed by atoms with Crippen LogP contribution >= 0.6 is 0 Å². The zero-order chi connectivity index (χ0) is 19.1. The molecular weight excluding hydrogens is 383 g/mol. The minimum Gasteiger partial charge on any atom is -0.471 e. The first-order valence-corrected chi connectivity index (χ1v) is 8.67. The first kappa shape index (κ1) is 18.5. The lowest BCUT2D eigenvalue weighted by Crippen LogP contribution is -2.56. The molecule has 2 heterocycles.